The number of amides is 1. The maximum Gasteiger partial charge on any atom is 0.223 e. The first-order chi connectivity index (χ1) is 13.2. The van der Waals surface area contributed by atoms with Crippen molar-refractivity contribution in [1.29, 1.82) is 0 Å². The molecule has 1 aliphatic heterocycles. The average molecular weight is 366 g/mol. The summed E-state index contributed by atoms with van der Waals surface area (Å²) in [7, 11) is 1.65. The fourth-order valence-corrected chi connectivity index (χ4v) is 3.46. The lowest BCUT2D eigenvalue weighted by Crippen LogP contribution is -2.28. The zero-order valence-corrected chi connectivity index (χ0v) is 15.2. The van der Waals surface area contributed by atoms with Crippen molar-refractivity contribution in [2.75, 3.05) is 20.2 Å². The lowest BCUT2D eigenvalue weighted by Gasteiger charge is -2.15. The Balaban J connectivity index is 1.36. The highest BCUT2D eigenvalue weighted by Gasteiger charge is 2.28. The van der Waals surface area contributed by atoms with Gasteiger partial charge in [-0.2, -0.15) is 5.10 Å². The summed E-state index contributed by atoms with van der Waals surface area (Å²) >= 11 is 0. The smallest absolute Gasteiger partial charge is 0.223 e. The third-order valence-electron chi connectivity index (χ3n) is 5.04. The molecular formula is C20H22N4O3. The molecule has 4 rings (SSSR count). The Morgan fingerprint density at radius 3 is 2.93 bits per heavy atom. The molecule has 7 heteroatoms. The summed E-state index contributed by atoms with van der Waals surface area (Å²) in [4.78, 5) is 14.4. The van der Waals surface area contributed by atoms with Gasteiger partial charge in [0, 0.05) is 49.2 Å². The molecule has 1 atom stereocenters. The second kappa shape index (κ2) is 7.65. The van der Waals surface area contributed by atoms with Crippen LogP contribution < -0.4 is 4.74 Å². The van der Waals surface area contributed by atoms with Crippen molar-refractivity contribution in [3.8, 4) is 17.0 Å². The molecule has 1 saturated heterocycles. The summed E-state index contributed by atoms with van der Waals surface area (Å²) in [6.07, 6.45) is 3.58. The van der Waals surface area contributed by atoms with E-state index in [0.717, 1.165) is 48.0 Å². The summed E-state index contributed by atoms with van der Waals surface area (Å²) in [5.41, 5.74) is 3.02. The first-order valence-electron chi connectivity index (χ1n) is 9.10. The number of likely N-dealkylation sites (tertiary alicyclic amines) is 1. The number of rotatable bonds is 6. The minimum atomic E-state index is 0.156. The van der Waals surface area contributed by atoms with E-state index in [0.29, 0.717) is 18.8 Å². The summed E-state index contributed by atoms with van der Waals surface area (Å²) in [5, 5.41) is 11.3. The second-order valence-electron chi connectivity index (χ2n) is 6.74. The number of carbonyl (C=O) groups is 1. The molecule has 3 heterocycles. The van der Waals surface area contributed by atoms with Crippen LogP contribution in [0.3, 0.4) is 0 Å². The van der Waals surface area contributed by atoms with E-state index in [1.165, 1.54) is 0 Å². The fourth-order valence-electron chi connectivity index (χ4n) is 3.46. The minimum Gasteiger partial charge on any atom is -0.497 e. The third kappa shape index (κ3) is 3.86. The molecule has 0 radical (unpaired) electrons. The summed E-state index contributed by atoms with van der Waals surface area (Å²) in [6.45, 7) is 1.50. The molecule has 0 aliphatic carbocycles. The Morgan fingerprint density at radius 1 is 1.33 bits per heavy atom. The molecular weight excluding hydrogens is 344 g/mol. The number of carbonyl (C=O) groups excluding carboxylic acids is 1. The van der Waals surface area contributed by atoms with Gasteiger partial charge >= 0.3 is 0 Å². The van der Waals surface area contributed by atoms with Crippen LogP contribution in [0.25, 0.3) is 11.3 Å². The maximum absolute atomic E-state index is 12.4. The quantitative estimate of drug-likeness (QED) is 0.725. The van der Waals surface area contributed by atoms with Crippen LogP contribution in [0.5, 0.6) is 5.75 Å². The van der Waals surface area contributed by atoms with Crippen LogP contribution in [0.4, 0.5) is 0 Å². The van der Waals surface area contributed by atoms with Crippen molar-refractivity contribution in [1.82, 2.24) is 20.3 Å². The third-order valence-corrected chi connectivity index (χ3v) is 5.04. The normalized spacial score (nSPS) is 16.6. The second-order valence-corrected chi connectivity index (χ2v) is 6.74. The molecule has 2 aromatic heterocycles. The fraction of sp³-hybridized carbons (Fsp3) is 0.350. The average Bonchev–Trinajstić information content (AvgIpc) is 3.47. The Morgan fingerprint density at radius 2 is 2.19 bits per heavy atom. The Kier molecular flexibility index (Phi) is 4.91. The number of aromatic nitrogens is 3. The predicted molar refractivity (Wildman–Crippen MR) is 99.3 cm³/mol. The number of hydrogen-bond acceptors (Lipinski definition) is 5. The molecule has 1 N–H and O–H groups in total. The van der Waals surface area contributed by atoms with Crippen LogP contribution in [0.15, 0.2) is 47.1 Å². The number of ether oxygens (including phenoxy) is 1. The van der Waals surface area contributed by atoms with Gasteiger partial charge in [-0.15, -0.1) is 0 Å². The molecule has 1 amide bonds. The highest BCUT2D eigenvalue weighted by atomic mass is 16.5. The predicted octanol–water partition coefficient (Wildman–Crippen LogP) is 3.02. The standard InChI is InChI=1S/C20H22N4O3/c1-26-16-4-2-14(3-5-16)18-12-19(23-22-18)15-9-11-24(13-15)20(25)7-6-17-8-10-21-27-17/h2-5,8,10,12,15H,6-7,9,11,13H2,1H3,(H,22,23)/t15-/m0/s1. The molecule has 0 spiro atoms. The number of aromatic amines is 1. The highest BCUT2D eigenvalue weighted by Crippen LogP contribution is 2.29. The topological polar surface area (TPSA) is 84.2 Å². The zero-order chi connectivity index (χ0) is 18.6. The molecule has 140 valence electrons. The van der Waals surface area contributed by atoms with Crippen LogP contribution >= 0.6 is 0 Å². The Hall–Kier alpha value is -3.09. The lowest BCUT2D eigenvalue weighted by atomic mass is 10.0. The molecule has 0 bridgehead atoms. The summed E-state index contributed by atoms with van der Waals surface area (Å²) < 4.78 is 10.2. The molecule has 3 aromatic rings. The number of H-pyrrole nitrogens is 1. The van der Waals surface area contributed by atoms with Crippen LogP contribution in [-0.2, 0) is 11.2 Å². The van der Waals surface area contributed by atoms with Crippen molar-refractivity contribution in [3.63, 3.8) is 0 Å². The molecule has 1 aliphatic rings. The van der Waals surface area contributed by atoms with Crippen molar-refractivity contribution >= 4 is 5.91 Å². The van der Waals surface area contributed by atoms with Gasteiger partial charge in [-0.25, -0.2) is 0 Å². The monoisotopic (exact) mass is 366 g/mol. The van der Waals surface area contributed by atoms with E-state index in [2.05, 4.69) is 21.4 Å². The van der Waals surface area contributed by atoms with Crippen molar-refractivity contribution in [2.45, 2.75) is 25.2 Å². The van der Waals surface area contributed by atoms with Crippen LogP contribution in [0, 0.1) is 0 Å². The van der Waals surface area contributed by atoms with Gasteiger partial charge in [0.1, 0.15) is 11.5 Å². The van der Waals surface area contributed by atoms with E-state index in [-0.39, 0.29) is 5.91 Å². The van der Waals surface area contributed by atoms with E-state index in [4.69, 9.17) is 9.26 Å². The van der Waals surface area contributed by atoms with E-state index in [1.807, 2.05) is 29.2 Å². The zero-order valence-electron chi connectivity index (χ0n) is 15.2. The summed E-state index contributed by atoms with van der Waals surface area (Å²) in [6, 6.07) is 11.7. The highest BCUT2D eigenvalue weighted by molar-refractivity contribution is 5.76. The van der Waals surface area contributed by atoms with E-state index >= 15 is 0 Å². The van der Waals surface area contributed by atoms with Gasteiger partial charge in [0.15, 0.2) is 0 Å². The number of benzene rings is 1. The van der Waals surface area contributed by atoms with E-state index in [9.17, 15) is 4.79 Å². The van der Waals surface area contributed by atoms with Gasteiger partial charge in [0.05, 0.1) is 19.0 Å². The first-order valence-corrected chi connectivity index (χ1v) is 9.10. The maximum atomic E-state index is 12.4. The summed E-state index contributed by atoms with van der Waals surface area (Å²) in [5.74, 6) is 2.02. The van der Waals surface area contributed by atoms with Crippen LogP contribution in [0.1, 0.15) is 30.2 Å². The molecule has 27 heavy (non-hydrogen) atoms. The number of nitrogens with one attached hydrogen (secondary N) is 1. The van der Waals surface area contributed by atoms with Gasteiger partial charge in [0.25, 0.3) is 0 Å². The molecule has 1 aromatic carbocycles. The Bertz CT molecular complexity index is 886. The van der Waals surface area contributed by atoms with Gasteiger partial charge in [-0.1, -0.05) is 5.16 Å². The number of methoxy groups -OCH3 is 1. The SMILES string of the molecule is COc1ccc(-c2cc([C@H]3CCN(C(=O)CCc4ccno4)C3)[nH]n2)cc1. The molecule has 0 unspecified atom stereocenters. The molecule has 0 saturated carbocycles. The van der Waals surface area contributed by atoms with Crippen LogP contribution in [0.2, 0.25) is 0 Å². The van der Waals surface area contributed by atoms with Gasteiger partial charge in [0.2, 0.25) is 5.91 Å². The van der Waals surface area contributed by atoms with Crippen molar-refractivity contribution < 1.29 is 14.1 Å². The first kappa shape index (κ1) is 17.3. The van der Waals surface area contributed by atoms with Crippen molar-refractivity contribution in [3.05, 3.63) is 54.0 Å². The van der Waals surface area contributed by atoms with Crippen molar-refractivity contribution in [2.24, 2.45) is 0 Å². The number of nitrogens with zero attached hydrogens (tertiary/aromatic N) is 3. The molecule has 7 nitrogen and oxygen atoms in total. The molecule has 1 fully saturated rings. The number of hydrogen-bond donors (Lipinski definition) is 1. The largest absolute Gasteiger partial charge is 0.497 e. The van der Waals surface area contributed by atoms with E-state index in [1.54, 1.807) is 19.4 Å². The Labute approximate surface area is 157 Å². The lowest BCUT2D eigenvalue weighted by molar-refractivity contribution is -0.130. The van der Waals surface area contributed by atoms with Gasteiger partial charge < -0.3 is 14.2 Å². The minimum absolute atomic E-state index is 0.156. The van der Waals surface area contributed by atoms with Crippen LogP contribution in [-0.4, -0.2) is 46.4 Å². The van der Waals surface area contributed by atoms with Gasteiger partial charge in [-0.3, -0.25) is 9.89 Å². The number of aryl methyl sites for hydroxylation is 1. The van der Waals surface area contributed by atoms with Gasteiger partial charge in [-0.05, 0) is 36.8 Å². The van der Waals surface area contributed by atoms with E-state index < -0.39 is 0 Å².